The second-order valence-corrected chi connectivity index (χ2v) is 12.0. The third-order valence-electron chi connectivity index (χ3n) is 8.17. The number of hydrogen-bond donors (Lipinski definition) is 2. The predicted octanol–water partition coefficient (Wildman–Crippen LogP) is 3.67. The van der Waals surface area contributed by atoms with Gasteiger partial charge in [0.2, 0.25) is 0 Å². The fourth-order valence-electron chi connectivity index (χ4n) is 5.70. The number of pyridine rings is 1. The lowest BCUT2D eigenvalue weighted by atomic mass is 9.86. The number of fused-ring (bicyclic) bond motifs is 1. The van der Waals surface area contributed by atoms with Gasteiger partial charge < -0.3 is 25.0 Å². The number of aromatic nitrogens is 5. The highest BCUT2D eigenvalue weighted by molar-refractivity contribution is 7.14. The fraction of sp³-hybridized carbons (Fsp3) is 0.448. The molecule has 0 aromatic carbocycles. The van der Waals surface area contributed by atoms with E-state index in [9.17, 15) is 10.1 Å². The molecule has 0 spiro atoms. The van der Waals surface area contributed by atoms with Crippen LogP contribution >= 0.6 is 11.3 Å². The van der Waals surface area contributed by atoms with Gasteiger partial charge in [-0.1, -0.05) is 11.3 Å². The monoisotopic (exact) mass is 585 g/mol. The van der Waals surface area contributed by atoms with Crippen LogP contribution in [0, 0.1) is 11.3 Å². The van der Waals surface area contributed by atoms with Gasteiger partial charge in [0.25, 0.3) is 0 Å². The number of anilines is 1. The topological polar surface area (TPSA) is 143 Å². The Bertz CT molecular complexity index is 1630. The molecule has 2 amide bonds. The van der Waals surface area contributed by atoms with Crippen molar-refractivity contribution >= 4 is 28.6 Å². The Morgan fingerprint density at radius 3 is 2.62 bits per heavy atom. The fourth-order valence-corrected chi connectivity index (χ4v) is 6.74. The summed E-state index contributed by atoms with van der Waals surface area (Å²) < 4.78 is 12.6. The largest absolute Gasteiger partial charge is 0.378 e. The summed E-state index contributed by atoms with van der Waals surface area (Å²) in [6, 6.07) is 10.3. The van der Waals surface area contributed by atoms with Crippen LogP contribution in [0.5, 0.6) is 0 Å². The molecule has 0 unspecified atom stereocenters. The number of nitrogens with one attached hydrogen (secondary N) is 2. The number of urea groups is 1. The van der Waals surface area contributed by atoms with Crippen molar-refractivity contribution < 1.29 is 14.3 Å². The Balaban J connectivity index is 1.07. The molecule has 1 saturated carbocycles. The van der Waals surface area contributed by atoms with E-state index >= 15 is 0 Å². The molecule has 0 radical (unpaired) electrons. The summed E-state index contributed by atoms with van der Waals surface area (Å²) in [7, 11) is 0. The Kier molecular flexibility index (Phi) is 7.41. The highest BCUT2D eigenvalue weighted by atomic mass is 32.1. The molecule has 0 bridgehead atoms. The molecule has 12 nitrogen and oxygen atoms in total. The van der Waals surface area contributed by atoms with Crippen LogP contribution in [0.25, 0.3) is 27.5 Å². The molecule has 1 aliphatic carbocycles. The first kappa shape index (κ1) is 26.8. The van der Waals surface area contributed by atoms with Crippen LogP contribution in [0.15, 0.2) is 36.7 Å². The minimum absolute atomic E-state index is 0.0173. The van der Waals surface area contributed by atoms with E-state index in [-0.39, 0.29) is 18.1 Å². The number of ether oxygens (including phenoxy) is 2. The molecular formula is C29H31N9O3S. The van der Waals surface area contributed by atoms with E-state index in [0.717, 1.165) is 63.9 Å². The van der Waals surface area contributed by atoms with E-state index in [1.807, 2.05) is 35.4 Å². The van der Waals surface area contributed by atoms with Crippen molar-refractivity contribution in [3.63, 3.8) is 0 Å². The van der Waals surface area contributed by atoms with Crippen molar-refractivity contribution in [2.24, 2.45) is 0 Å². The molecule has 4 aromatic rings. The molecule has 2 aliphatic heterocycles. The normalized spacial score (nSPS) is 21.1. The van der Waals surface area contributed by atoms with Gasteiger partial charge in [-0.2, -0.15) is 10.4 Å². The summed E-state index contributed by atoms with van der Waals surface area (Å²) in [5.74, 6) is 0.327. The molecule has 4 aromatic heterocycles. The maximum atomic E-state index is 12.6. The van der Waals surface area contributed by atoms with E-state index in [0.29, 0.717) is 51.0 Å². The predicted molar refractivity (Wildman–Crippen MR) is 156 cm³/mol. The van der Waals surface area contributed by atoms with Crippen molar-refractivity contribution in [1.29, 1.82) is 5.26 Å². The second kappa shape index (κ2) is 11.6. The van der Waals surface area contributed by atoms with Crippen molar-refractivity contribution in [2.45, 2.75) is 43.7 Å². The number of amides is 2. The van der Waals surface area contributed by atoms with Gasteiger partial charge in [0.15, 0.2) is 5.01 Å². The standard InChI is InChI=1S/C29H31N9O3S/c30-13-18-11-22-5-6-26(38(22)32-14-18)25-12-24(33-21-16-41-17-21)23(15-31-25)28-36-35-27(42-28)19-1-3-20(4-2-19)34-29(39)37-7-9-40-10-8-37/h5-6,11-12,14-15,19-21H,1-4,7-10,16-17H2,(H,31,33)(H,34,39)/t19-,20-. The van der Waals surface area contributed by atoms with E-state index in [1.54, 1.807) is 22.0 Å². The van der Waals surface area contributed by atoms with Crippen LogP contribution < -0.4 is 10.6 Å². The van der Waals surface area contributed by atoms with Gasteiger partial charge in [0, 0.05) is 36.9 Å². The van der Waals surface area contributed by atoms with Crippen molar-refractivity contribution in [1.82, 2.24) is 35.0 Å². The molecule has 42 heavy (non-hydrogen) atoms. The highest BCUT2D eigenvalue weighted by Gasteiger charge is 2.29. The summed E-state index contributed by atoms with van der Waals surface area (Å²) >= 11 is 1.62. The average molecular weight is 586 g/mol. The summed E-state index contributed by atoms with van der Waals surface area (Å²) in [4.78, 5) is 19.2. The number of hydrogen-bond acceptors (Lipinski definition) is 10. The summed E-state index contributed by atoms with van der Waals surface area (Å²) in [6.07, 6.45) is 7.19. The molecule has 2 N–H and O–H groups in total. The van der Waals surface area contributed by atoms with Crippen molar-refractivity contribution in [3.05, 3.63) is 47.2 Å². The molecule has 6 heterocycles. The highest BCUT2D eigenvalue weighted by Crippen LogP contribution is 2.39. The van der Waals surface area contributed by atoms with Crippen molar-refractivity contribution in [2.75, 3.05) is 44.8 Å². The zero-order valence-electron chi connectivity index (χ0n) is 23.0. The Morgan fingerprint density at radius 1 is 1.02 bits per heavy atom. The summed E-state index contributed by atoms with van der Waals surface area (Å²) in [6.45, 7) is 3.81. The van der Waals surface area contributed by atoms with Gasteiger partial charge in [-0.25, -0.2) is 9.31 Å². The third kappa shape index (κ3) is 5.40. The van der Waals surface area contributed by atoms with E-state index in [4.69, 9.17) is 14.5 Å². The second-order valence-electron chi connectivity index (χ2n) is 10.9. The van der Waals surface area contributed by atoms with Crippen LogP contribution in [-0.2, 0) is 9.47 Å². The molecule has 216 valence electrons. The molecule has 0 atom stereocenters. The molecule has 2 saturated heterocycles. The maximum absolute atomic E-state index is 12.6. The average Bonchev–Trinajstić information content (AvgIpc) is 3.67. The lowest BCUT2D eigenvalue weighted by molar-refractivity contribution is 0.0211. The van der Waals surface area contributed by atoms with Gasteiger partial charge in [-0.15, -0.1) is 10.2 Å². The molecule has 13 heteroatoms. The van der Waals surface area contributed by atoms with E-state index in [2.05, 4.69) is 32.0 Å². The number of rotatable bonds is 6. The van der Waals surface area contributed by atoms with E-state index in [1.165, 1.54) is 0 Å². The minimum atomic E-state index is 0.0173. The lowest BCUT2D eigenvalue weighted by Crippen LogP contribution is -2.49. The van der Waals surface area contributed by atoms with Crippen molar-refractivity contribution in [3.8, 4) is 28.0 Å². The molecule has 7 rings (SSSR count). The smallest absolute Gasteiger partial charge is 0.317 e. The Morgan fingerprint density at radius 2 is 1.86 bits per heavy atom. The SMILES string of the molecule is N#Cc1cnn2c(-c3cc(NC4COC4)c(-c4nnc([C@H]5CC[C@H](NC(=O)N6CCOCC6)CC5)s4)cn3)ccc2c1. The zero-order chi connectivity index (χ0) is 28.5. The maximum Gasteiger partial charge on any atom is 0.317 e. The Labute approximate surface area is 246 Å². The first-order chi connectivity index (χ1) is 20.6. The summed E-state index contributed by atoms with van der Waals surface area (Å²) in [5.41, 5.74) is 4.78. The van der Waals surface area contributed by atoms with Gasteiger partial charge in [-0.3, -0.25) is 4.98 Å². The van der Waals surface area contributed by atoms with Crippen LogP contribution in [0.4, 0.5) is 10.5 Å². The first-order valence-corrected chi connectivity index (χ1v) is 15.2. The van der Waals surface area contributed by atoms with E-state index < -0.39 is 0 Å². The van der Waals surface area contributed by atoms with Gasteiger partial charge in [0.05, 0.1) is 66.7 Å². The molecular weight excluding hydrogens is 554 g/mol. The lowest BCUT2D eigenvalue weighted by Gasteiger charge is -2.32. The van der Waals surface area contributed by atoms with Crippen LogP contribution in [0.1, 0.15) is 42.2 Å². The Hall–Kier alpha value is -4.12. The molecule has 3 aliphatic rings. The van der Waals surface area contributed by atoms with Gasteiger partial charge in [0.1, 0.15) is 11.1 Å². The van der Waals surface area contributed by atoms with Gasteiger partial charge in [-0.05, 0) is 49.9 Å². The number of carbonyl (C=O) groups excluding carboxylic acids is 1. The first-order valence-electron chi connectivity index (χ1n) is 14.3. The van der Waals surface area contributed by atoms with Crippen LogP contribution in [-0.4, -0.2) is 87.3 Å². The number of carbonyl (C=O) groups is 1. The number of nitriles is 1. The van der Waals surface area contributed by atoms with Gasteiger partial charge >= 0.3 is 6.03 Å². The summed E-state index contributed by atoms with van der Waals surface area (Å²) in [5, 5.41) is 31.5. The minimum Gasteiger partial charge on any atom is -0.378 e. The number of morpholine rings is 1. The quantitative estimate of drug-likeness (QED) is 0.347. The number of nitrogens with zero attached hydrogens (tertiary/aromatic N) is 7. The molecule has 3 fully saturated rings. The third-order valence-corrected chi connectivity index (χ3v) is 9.29. The van der Waals surface area contributed by atoms with Crippen LogP contribution in [0.2, 0.25) is 0 Å². The van der Waals surface area contributed by atoms with Crippen LogP contribution in [0.3, 0.4) is 0 Å². The zero-order valence-corrected chi connectivity index (χ0v) is 23.8.